The summed E-state index contributed by atoms with van der Waals surface area (Å²) >= 11 is 0. The van der Waals surface area contributed by atoms with Crippen LogP contribution in [0.1, 0.15) is 20.9 Å². The lowest BCUT2D eigenvalue weighted by Crippen LogP contribution is -2.22. The number of furan rings is 1. The number of alkyl halides is 2. The van der Waals surface area contributed by atoms with E-state index in [-0.39, 0.29) is 39.9 Å². The Kier molecular flexibility index (Phi) is 8.22. The molecule has 3 rings (SSSR count). The summed E-state index contributed by atoms with van der Waals surface area (Å²) < 4.78 is 49.9. The number of hydrogen-bond acceptors (Lipinski definition) is 8. The van der Waals surface area contributed by atoms with Crippen molar-refractivity contribution in [3.8, 4) is 17.2 Å². The molecule has 0 aliphatic heterocycles. The third-order valence-electron chi connectivity index (χ3n) is 4.45. The predicted octanol–water partition coefficient (Wildman–Crippen LogP) is 3.95. The highest BCUT2D eigenvalue weighted by molar-refractivity contribution is 6.07. The fraction of sp³-hybridized carbons (Fsp3) is 0.174. The SMILES string of the molecule is COc1cc(NC(=O)c2ccco2)c(C(=O)OCC(=O)Nc2ccccc2OC(F)F)cc1OC. The van der Waals surface area contributed by atoms with Gasteiger partial charge in [-0.05, 0) is 24.3 Å². The summed E-state index contributed by atoms with van der Waals surface area (Å²) in [5, 5.41) is 4.84. The van der Waals surface area contributed by atoms with E-state index in [1.165, 1.54) is 69.0 Å². The molecule has 2 amide bonds. The normalized spacial score (nSPS) is 10.4. The van der Waals surface area contributed by atoms with E-state index >= 15 is 0 Å². The fourth-order valence-electron chi connectivity index (χ4n) is 2.91. The van der Waals surface area contributed by atoms with Crippen molar-refractivity contribution in [2.75, 3.05) is 31.5 Å². The number of nitrogens with one attached hydrogen (secondary N) is 2. The van der Waals surface area contributed by atoms with Crippen molar-refractivity contribution in [3.05, 3.63) is 66.1 Å². The summed E-state index contributed by atoms with van der Waals surface area (Å²) in [6, 6.07) is 11.1. The first-order chi connectivity index (χ1) is 16.8. The van der Waals surface area contributed by atoms with Crippen LogP contribution in [-0.4, -0.2) is 45.2 Å². The molecule has 1 heterocycles. The van der Waals surface area contributed by atoms with Crippen LogP contribution >= 0.6 is 0 Å². The number of para-hydroxylation sites is 2. The van der Waals surface area contributed by atoms with Gasteiger partial charge in [-0.3, -0.25) is 9.59 Å². The van der Waals surface area contributed by atoms with Gasteiger partial charge in [-0.2, -0.15) is 8.78 Å². The van der Waals surface area contributed by atoms with Gasteiger partial charge in [-0.15, -0.1) is 0 Å². The minimum atomic E-state index is -3.09. The first kappa shape index (κ1) is 25.0. The van der Waals surface area contributed by atoms with Crippen LogP contribution in [0.15, 0.2) is 59.2 Å². The summed E-state index contributed by atoms with van der Waals surface area (Å²) in [4.78, 5) is 37.5. The number of carbonyl (C=O) groups excluding carboxylic acids is 3. The van der Waals surface area contributed by atoms with E-state index in [0.29, 0.717) is 0 Å². The van der Waals surface area contributed by atoms with Gasteiger partial charge in [0.1, 0.15) is 5.75 Å². The third kappa shape index (κ3) is 6.47. The average molecular weight is 490 g/mol. The molecule has 1 aromatic heterocycles. The molecule has 0 unspecified atom stereocenters. The molecule has 0 spiro atoms. The third-order valence-corrected chi connectivity index (χ3v) is 4.45. The molecule has 0 aliphatic carbocycles. The van der Waals surface area contributed by atoms with Crippen molar-refractivity contribution in [1.82, 2.24) is 0 Å². The highest BCUT2D eigenvalue weighted by atomic mass is 19.3. The Morgan fingerprint density at radius 3 is 2.29 bits per heavy atom. The molecule has 12 heteroatoms. The maximum Gasteiger partial charge on any atom is 0.387 e. The van der Waals surface area contributed by atoms with Gasteiger partial charge in [0.15, 0.2) is 23.9 Å². The average Bonchev–Trinajstić information content (AvgIpc) is 3.38. The smallest absolute Gasteiger partial charge is 0.387 e. The molecule has 0 aliphatic rings. The van der Waals surface area contributed by atoms with E-state index in [4.69, 9.17) is 18.6 Å². The molecule has 3 aromatic rings. The van der Waals surface area contributed by atoms with E-state index in [1.807, 2.05) is 0 Å². The van der Waals surface area contributed by atoms with Gasteiger partial charge in [-0.25, -0.2) is 4.79 Å². The zero-order valence-electron chi connectivity index (χ0n) is 18.5. The van der Waals surface area contributed by atoms with E-state index in [9.17, 15) is 23.2 Å². The van der Waals surface area contributed by atoms with Crippen LogP contribution in [-0.2, 0) is 9.53 Å². The first-order valence-corrected chi connectivity index (χ1v) is 9.94. The summed E-state index contributed by atoms with van der Waals surface area (Å²) in [6.07, 6.45) is 1.31. The van der Waals surface area contributed by atoms with E-state index in [0.717, 1.165) is 0 Å². The maximum atomic E-state index is 12.8. The molecule has 2 aromatic carbocycles. The number of anilines is 2. The lowest BCUT2D eigenvalue weighted by atomic mass is 10.1. The highest BCUT2D eigenvalue weighted by Crippen LogP contribution is 2.34. The lowest BCUT2D eigenvalue weighted by Gasteiger charge is -2.15. The van der Waals surface area contributed by atoms with E-state index in [1.54, 1.807) is 0 Å². The Hall–Kier alpha value is -4.61. The summed E-state index contributed by atoms with van der Waals surface area (Å²) in [7, 11) is 2.72. The molecule has 0 radical (unpaired) electrons. The number of methoxy groups -OCH3 is 2. The van der Waals surface area contributed by atoms with Crippen molar-refractivity contribution < 1.29 is 46.5 Å². The molecular formula is C23H20F2N2O8. The standard InChI is InChI=1S/C23H20F2N2O8/c1-31-18-10-13(15(11-19(18)32-2)27-21(29)17-8-5-9-33-17)22(30)34-12-20(28)26-14-6-3-4-7-16(14)35-23(24)25/h3-11,23H,12H2,1-2H3,(H,26,28)(H,27,29). The number of amides is 2. The Bertz CT molecular complexity index is 1200. The monoisotopic (exact) mass is 490 g/mol. The number of benzene rings is 2. The molecule has 0 bridgehead atoms. The minimum absolute atomic E-state index is 0.00476. The minimum Gasteiger partial charge on any atom is -0.493 e. The second kappa shape index (κ2) is 11.5. The topological polar surface area (TPSA) is 125 Å². The van der Waals surface area contributed by atoms with Crippen LogP contribution in [0.4, 0.5) is 20.2 Å². The molecule has 0 atom stereocenters. The lowest BCUT2D eigenvalue weighted by molar-refractivity contribution is -0.119. The molecular weight excluding hydrogens is 470 g/mol. The molecule has 0 fully saturated rings. The van der Waals surface area contributed by atoms with Crippen molar-refractivity contribution in [1.29, 1.82) is 0 Å². The largest absolute Gasteiger partial charge is 0.493 e. The van der Waals surface area contributed by atoms with E-state index < -0.39 is 31.0 Å². The zero-order valence-corrected chi connectivity index (χ0v) is 18.5. The van der Waals surface area contributed by atoms with Crippen molar-refractivity contribution in [3.63, 3.8) is 0 Å². The van der Waals surface area contributed by atoms with Gasteiger partial charge in [0.2, 0.25) is 0 Å². The number of rotatable bonds is 10. The molecule has 2 N–H and O–H groups in total. The van der Waals surface area contributed by atoms with Gasteiger partial charge in [0.25, 0.3) is 11.8 Å². The Balaban J connectivity index is 1.75. The van der Waals surface area contributed by atoms with Crippen LogP contribution in [0.5, 0.6) is 17.2 Å². The fourth-order valence-corrected chi connectivity index (χ4v) is 2.91. The Morgan fingerprint density at radius 2 is 1.63 bits per heavy atom. The second-order valence-electron chi connectivity index (χ2n) is 6.68. The van der Waals surface area contributed by atoms with Gasteiger partial charge < -0.3 is 34.0 Å². The summed E-state index contributed by atoms with van der Waals surface area (Å²) in [6.45, 7) is -3.85. The predicted molar refractivity (Wildman–Crippen MR) is 118 cm³/mol. The van der Waals surface area contributed by atoms with Crippen LogP contribution in [0.25, 0.3) is 0 Å². The van der Waals surface area contributed by atoms with Crippen LogP contribution in [0, 0.1) is 0 Å². The number of carbonyl (C=O) groups is 3. The van der Waals surface area contributed by atoms with Crippen LogP contribution in [0.3, 0.4) is 0 Å². The molecule has 0 saturated carbocycles. The molecule has 35 heavy (non-hydrogen) atoms. The molecule has 10 nitrogen and oxygen atoms in total. The Labute approximate surface area is 197 Å². The number of ether oxygens (including phenoxy) is 4. The summed E-state index contributed by atoms with van der Waals surface area (Å²) in [5.74, 6) is -2.33. The summed E-state index contributed by atoms with van der Waals surface area (Å²) in [5.41, 5.74) is -0.173. The Morgan fingerprint density at radius 1 is 0.914 bits per heavy atom. The van der Waals surface area contributed by atoms with Gasteiger partial charge in [0, 0.05) is 12.1 Å². The van der Waals surface area contributed by atoms with Crippen molar-refractivity contribution >= 4 is 29.2 Å². The quantitative estimate of drug-likeness (QED) is 0.410. The molecule has 184 valence electrons. The van der Waals surface area contributed by atoms with Gasteiger partial charge in [-0.1, -0.05) is 12.1 Å². The van der Waals surface area contributed by atoms with Crippen LogP contribution in [0.2, 0.25) is 0 Å². The second-order valence-corrected chi connectivity index (χ2v) is 6.68. The first-order valence-electron chi connectivity index (χ1n) is 9.94. The van der Waals surface area contributed by atoms with Crippen LogP contribution < -0.4 is 24.8 Å². The number of hydrogen-bond donors (Lipinski definition) is 2. The zero-order chi connectivity index (χ0) is 25.4. The highest BCUT2D eigenvalue weighted by Gasteiger charge is 2.22. The van der Waals surface area contributed by atoms with Gasteiger partial charge >= 0.3 is 12.6 Å². The van der Waals surface area contributed by atoms with Crippen molar-refractivity contribution in [2.24, 2.45) is 0 Å². The number of esters is 1. The van der Waals surface area contributed by atoms with Crippen molar-refractivity contribution in [2.45, 2.75) is 6.61 Å². The van der Waals surface area contributed by atoms with Gasteiger partial charge in [0.05, 0.1) is 37.4 Å². The maximum absolute atomic E-state index is 12.8. The number of halogens is 2. The molecule has 0 saturated heterocycles. The van der Waals surface area contributed by atoms with E-state index in [2.05, 4.69) is 15.4 Å².